The van der Waals surface area contributed by atoms with Crippen molar-refractivity contribution in [2.75, 3.05) is 6.61 Å². The average molecular weight is 424 g/mol. The Morgan fingerprint density at radius 3 is 2.52 bits per heavy atom. The van der Waals surface area contributed by atoms with Gasteiger partial charge in [-0.15, -0.1) is 13.2 Å². The number of halogens is 4. The van der Waals surface area contributed by atoms with Crippen molar-refractivity contribution in [1.29, 1.82) is 0 Å². The first-order valence-corrected chi connectivity index (χ1v) is 9.14. The average Bonchev–Trinajstić information content (AvgIpc) is 2.53. The predicted octanol–water partition coefficient (Wildman–Crippen LogP) is 4.95. The van der Waals surface area contributed by atoms with E-state index in [-0.39, 0.29) is 12.5 Å². The molecular weight excluding hydrogens is 403 g/mol. The second kappa shape index (κ2) is 8.49. The molecule has 0 saturated heterocycles. The van der Waals surface area contributed by atoms with E-state index in [4.69, 9.17) is 4.74 Å². The molecule has 1 aliphatic carbocycles. The maximum absolute atomic E-state index is 12.4. The van der Waals surface area contributed by atoms with E-state index in [0.717, 1.165) is 16.7 Å². The number of hydrogen-bond donors (Lipinski definition) is 0. The summed E-state index contributed by atoms with van der Waals surface area (Å²) in [6.45, 7) is 3.90. The summed E-state index contributed by atoms with van der Waals surface area (Å²) >= 11 is 3.37. The molecule has 1 atom stereocenters. The number of carbonyl (C=O) groups excluding carboxylic acids is 1. The molecule has 25 heavy (non-hydrogen) atoms. The van der Waals surface area contributed by atoms with Gasteiger partial charge < -0.3 is 4.74 Å². The van der Waals surface area contributed by atoms with Gasteiger partial charge in [-0.25, -0.2) is 0 Å². The van der Waals surface area contributed by atoms with Gasteiger partial charge in [0.2, 0.25) is 0 Å². The van der Waals surface area contributed by atoms with Crippen molar-refractivity contribution in [2.24, 2.45) is 0 Å². The van der Waals surface area contributed by atoms with E-state index in [0.29, 0.717) is 25.7 Å². The lowest BCUT2D eigenvalue weighted by molar-refractivity contribution is -0.345. The van der Waals surface area contributed by atoms with Crippen LogP contribution in [-0.4, -0.2) is 30.0 Å². The zero-order valence-electron chi connectivity index (χ0n) is 14.1. The Labute approximate surface area is 153 Å². The molecule has 0 aliphatic heterocycles. The first-order valence-electron chi connectivity index (χ1n) is 8.22. The molecule has 4 nitrogen and oxygen atoms in total. The van der Waals surface area contributed by atoms with Crippen LogP contribution in [0, 0.1) is 6.92 Å². The molecule has 1 unspecified atom stereocenters. The molecule has 8 heteroatoms. The maximum atomic E-state index is 12.4. The van der Waals surface area contributed by atoms with Crippen molar-refractivity contribution < 1.29 is 27.4 Å². The molecular formula is C17H21BrF3NO3. The largest absolute Gasteiger partial charge is 0.522 e. The van der Waals surface area contributed by atoms with Gasteiger partial charge in [-0.1, -0.05) is 15.9 Å². The van der Waals surface area contributed by atoms with Gasteiger partial charge in [-0.2, -0.15) is 0 Å². The van der Waals surface area contributed by atoms with E-state index in [1.807, 2.05) is 6.92 Å². The quantitative estimate of drug-likeness (QED) is 0.496. The Morgan fingerprint density at radius 2 is 1.96 bits per heavy atom. The lowest BCUT2D eigenvalue weighted by atomic mass is 9.79. The van der Waals surface area contributed by atoms with Gasteiger partial charge in [-0.05, 0) is 62.1 Å². The zero-order chi connectivity index (χ0) is 18.6. The van der Waals surface area contributed by atoms with Crippen LogP contribution in [0.5, 0.6) is 0 Å². The maximum Gasteiger partial charge on any atom is 0.522 e. The van der Waals surface area contributed by atoms with Gasteiger partial charge >= 0.3 is 12.3 Å². The van der Waals surface area contributed by atoms with Gasteiger partial charge in [0.1, 0.15) is 4.83 Å². The van der Waals surface area contributed by atoms with Crippen LogP contribution in [0.1, 0.15) is 60.0 Å². The standard InChI is InChI=1S/C17H21BrF3NO3/c1-3-24-16(23)15(18)13-9-22-8-10(2)14(13)11-4-6-12(7-5-11)25-17(19,20)21/h8-9,11-12,15H,3-7H2,1-2H3. The van der Waals surface area contributed by atoms with Gasteiger partial charge in [0.15, 0.2) is 0 Å². The van der Waals surface area contributed by atoms with Crippen LogP contribution in [0.15, 0.2) is 12.4 Å². The molecule has 0 amide bonds. The van der Waals surface area contributed by atoms with Crippen molar-refractivity contribution in [3.8, 4) is 0 Å². The summed E-state index contributed by atoms with van der Waals surface area (Å²) in [5, 5.41) is 0. The van der Waals surface area contributed by atoms with Crippen LogP contribution in [0.25, 0.3) is 0 Å². The second-order valence-corrected chi connectivity index (χ2v) is 7.03. The van der Waals surface area contributed by atoms with Crippen molar-refractivity contribution in [2.45, 2.75) is 62.7 Å². The molecule has 0 radical (unpaired) electrons. The Balaban J connectivity index is 2.16. The normalized spacial score (nSPS) is 22.5. The van der Waals surface area contributed by atoms with E-state index in [9.17, 15) is 18.0 Å². The van der Waals surface area contributed by atoms with E-state index >= 15 is 0 Å². The summed E-state index contributed by atoms with van der Waals surface area (Å²) in [6, 6.07) is 0. The summed E-state index contributed by atoms with van der Waals surface area (Å²) < 4.78 is 46.3. The molecule has 1 saturated carbocycles. The molecule has 0 spiro atoms. The van der Waals surface area contributed by atoms with Crippen molar-refractivity contribution in [1.82, 2.24) is 4.98 Å². The summed E-state index contributed by atoms with van der Waals surface area (Å²) in [6.07, 6.45) is -0.261. The first-order chi connectivity index (χ1) is 11.7. The highest BCUT2D eigenvalue weighted by molar-refractivity contribution is 9.09. The number of alkyl halides is 4. The van der Waals surface area contributed by atoms with E-state index in [2.05, 4.69) is 25.7 Å². The molecule has 1 aliphatic rings. The SMILES string of the molecule is CCOC(=O)C(Br)c1cncc(C)c1C1CCC(OC(F)(F)F)CC1. The van der Waals surface area contributed by atoms with Crippen LogP contribution < -0.4 is 0 Å². The fraction of sp³-hybridized carbons (Fsp3) is 0.647. The fourth-order valence-corrected chi connectivity index (χ4v) is 3.85. The highest BCUT2D eigenvalue weighted by atomic mass is 79.9. The van der Waals surface area contributed by atoms with Crippen LogP contribution in [0.2, 0.25) is 0 Å². The van der Waals surface area contributed by atoms with Crippen molar-refractivity contribution in [3.05, 3.63) is 29.1 Å². The second-order valence-electron chi connectivity index (χ2n) is 6.11. The van der Waals surface area contributed by atoms with Crippen LogP contribution >= 0.6 is 15.9 Å². The third-order valence-corrected chi connectivity index (χ3v) is 5.23. The number of nitrogens with zero attached hydrogens (tertiary/aromatic N) is 1. The number of ether oxygens (including phenoxy) is 2. The number of rotatable bonds is 5. The Kier molecular flexibility index (Phi) is 6.85. The number of esters is 1. The molecule has 0 aromatic carbocycles. The van der Waals surface area contributed by atoms with Gasteiger partial charge in [0.25, 0.3) is 0 Å². The monoisotopic (exact) mass is 423 g/mol. The molecule has 140 valence electrons. The zero-order valence-corrected chi connectivity index (χ0v) is 15.7. The molecule has 1 heterocycles. The molecule has 1 aromatic heterocycles. The minimum Gasteiger partial charge on any atom is -0.465 e. The topological polar surface area (TPSA) is 48.4 Å². The Bertz CT molecular complexity index is 601. The van der Waals surface area contributed by atoms with E-state index < -0.39 is 23.3 Å². The summed E-state index contributed by atoms with van der Waals surface area (Å²) in [5.41, 5.74) is 2.61. The van der Waals surface area contributed by atoms with Crippen molar-refractivity contribution in [3.63, 3.8) is 0 Å². The fourth-order valence-electron chi connectivity index (χ4n) is 3.36. The smallest absolute Gasteiger partial charge is 0.465 e. The summed E-state index contributed by atoms with van der Waals surface area (Å²) in [7, 11) is 0. The number of carbonyl (C=O) groups is 1. The van der Waals surface area contributed by atoms with Gasteiger partial charge in [0, 0.05) is 12.4 Å². The highest BCUT2D eigenvalue weighted by Crippen LogP contribution is 2.41. The number of aryl methyl sites for hydroxylation is 1. The Morgan fingerprint density at radius 1 is 1.32 bits per heavy atom. The van der Waals surface area contributed by atoms with Crippen LogP contribution in [0.4, 0.5) is 13.2 Å². The predicted molar refractivity (Wildman–Crippen MR) is 89.4 cm³/mol. The van der Waals surface area contributed by atoms with Gasteiger partial charge in [0.05, 0.1) is 12.7 Å². The van der Waals surface area contributed by atoms with Crippen LogP contribution in [-0.2, 0) is 14.3 Å². The number of pyridine rings is 1. The molecule has 2 rings (SSSR count). The van der Waals surface area contributed by atoms with Gasteiger partial charge in [-0.3, -0.25) is 14.5 Å². The number of hydrogen-bond acceptors (Lipinski definition) is 4. The number of aromatic nitrogens is 1. The van der Waals surface area contributed by atoms with Crippen LogP contribution in [0.3, 0.4) is 0 Å². The summed E-state index contributed by atoms with van der Waals surface area (Å²) in [5.74, 6) is -0.328. The molecule has 0 bridgehead atoms. The lowest BCUT2D eigenvalue weighted by Crippen LogP contribution is -2.28. The first kappa shape index (κ1) is 20.2. The molecule has 1 aromatic rings. The minimum atomic E-state index is -4.60. The molecule has 1 fully saturated rings. The third-order valence-electron chi connectivity index (χ3n) is 4.37. The summed E-state index contributed by atoms with van der Waals surface area (Å²) in [4.78, 5) is 15.6. The van der Waals surface area contributed by atoms with E-state index in [1.54, 1.807) is 19.3 Å². The highest BCUT2D eigenvalue weighted by Gasteiger charge is 2.36. The lowest BCUT2D eigenvalue weighted by Gasteiger charge is -2.31. The third kappa shape index (κ3) is 5.41. The van der Waals surface area contributed by atoms with E-state index in [1.165, 1.54) is 0 Å². The molecule has 0 N–H and O–H groups in total. The Hall–Kier alpha value is -1.15. The van der Waals surface area contributed by atoms with Crippen molar-refractivity contribution >= 4 is 21.9 Å². The minimum absolute atomic E-state index is 0.0700.